The number of carbonyl (C=O) groups excluding carboxylic acids is 1. The van der Waals surface area contributed by atoms with Gasteiger partial charge in [0.15, 0.2) is 0 Å². The van der Waals surface area contributed by atoms with E-state index in [-0.39, 0.29) is 11.6 Å². The quantitative estimate of drug-likeness (QED) is 0.680. The molecule has 0 radical (unpaired) electrons. The molecule has 104 valence electrons. The van der Waals surface area contributed by atoms with E-state index in [1.165, 1.54) is 11.0 Å². The number of nitrogens with one attached hydrogen (secondary N) is 2. The minimum atomic E-state index is -1.06. The minimum Gasteiger partial charge on any atom is -0.478 e. The Kier molecular flexibility index (Phi) is 5.81. The van der Waals surface area contributed by atoms with Crippen molar-refractivity contribution in [3.63, 3.8) is 0 Å². The molecule has 0 fully saturated rings. The van der Waals surface area contributed by atoms with Crippen molar-refractivity contribution in [2.24, 2.45) is 0 Å². The van der Waals surface area contributed by atoms with Crippen molar-refractivity contribution < 1.29 is 14.7 Å². The molecule has 0 aliphatic carbocycles. The maximum atomic E-state index is 11.9. The lowest BCUT2D eigenvalue weighted by atomic mass is 10.2. The van der Waals surface area contributed by atoms with Gasteiger partial charge < -0.3 is 20.6 Å². The fraction of sp³-hybridized carbons (Fsp3) is 0.385. The fourth-order valence-corrected chi connectivity index (χ4v) is 1.58. The molecule has 3 N–H and O–H groups in total. The highest BCUT2D eigenvalue weighted by atomic mass is 16.4. The molecular weight excluding hydrogens is 246 g/mol. The van der Waals surface area contributed by atoms with E-state index in [9.17, 15) is 9.59 Å². The van der Waals surface area contributed by atoms with Crippen LogP contribution in [0.25, 0.3) is 0 Å². The first kappa shape index (κ1) is 15.0. The van der Waals surface area contributed by atoms with Gasteiger partial charge in [-0.2, -0.15) is 0 Å². The Morgan fingerprint density at radius 1 is 1.32 bits per heavy atom. The summed E-state index contributed by atoms with van der Waals surface area (Å²) in [6.45, 7) is 1.42. The Morgan fingerprint density at radius 3 is 2.63 bits per heavy atom. The average molecular weight is 265 g/mol. The normalized spacial score (nSPS) is 10.0. The molecule has 0 spiro atoms. The van der Waals surface area contributed by atoms with Crippen molar-refractivity contribution in [2.75, 3.05) is 32.5 Å². The smallest absolute Gasteiger partial charge is 0.337 e. The van der Waals surface area contributed by atoms with Crippen LogP contribution >= 0.6 is 0 Å². The molecule has 0 aliphatic heterocycles. The van der Waals surface area contributed by atoms with Crippen LogP contribution in [-0.2, 0) is 0 Å². The molecule has 1 aromatic rings. The number of hydrogen-bond acceptors (Lipinski definition) is 3. The average Bonchev–Trinajstić information content (AvgIpc) is 2.39. The van der Waals surface area contributed by atoms with Crippen LogP contribution in [0.1, 0.15) is 16.8 Å². The number of anilines is 1. The summed E-state index contributed by atoms with van der Waals surface area (Å²) in [5.41, 5.74) is 0.389. The number of nitrogens with zero attached hydrogens (tertiary/aromatic N) is 1. The number of rotatable bonds is 6. The van der Waals surface area contributed by atoms with E-state index in [1.807, 2.05) is 7.05 Å². The second kappa shape index (κ2) is 7.38. The van der Waals surface area contributed by atoms with Gasteiger partial charge in [-0.05, 0) is 32.1 Å². The fourth-order valence-electron chi connectivity index (χ4n) is 1.58. The first-order valence-corrected chi connectivity index (χ1v) is 6.05. The van der Waals surface area contributed by atoms with Gasteiger partial charge in [0.05, 0.1) is 11.3 Å². The first-order chi connectivity index (χ1) is 9.06. The predicted octanol–water partition coefficient (Wildman–Crippen LogP) is 1.46. The molecule has 0 aromatic heterocycles. The maximum Gasteiger partial charge on any atom is 0.337 e. The summed E-state index contributed by atoms with van der Waals surface area (Å²) in [6, 6.07) is 6.02. The van der Waals surface area contributed by atoms with Gasteiger partial charge >= 0.3 is 12.0 Å². The van der Waals surface area contributed by atoms with Crippen molar-refractivity contribution in [3.8, 4) is 0 Å². The highest BCUT2D eigenvalue weighted by molar-refractivity contribution is 5.99. The Hall–Kier alpha value is -2.08. The predicted molar refractivity (Wildman–Crippen MR) is 73.6 cm³/mol. The summed E-state index contributed by atoms with van der Waals surface area (Å²) in [5.74, 6) is -1.06. The highest BCUT2D eigenvalue weighted by Crippen LogP contribution is 2.15. The van der Waals surface area contributed by atoms with Gasteiger partial charge in [-0.25, -0.2) is 9.59 Å². The third-order valence-corrected chi connectivity index (χ3v) is 2.67. The third kappa shape index (κ3) is 4.59. The number of aromatic carboxylic acids is 1. The Bertz CT molecular complexity index is 449. The molecule has 2 amide bonds. The van der Waals surface area contributed by atoms with Crippen molar-refractivity contribution in [1.82, 2.24) is 10.2 Å². The largest absolute Gasteiger partial charge is 0.478 e. The summed E-state index contributed by atoms with van der Waals surface area (Å²) < 4.78 is 0. The molecule has 0 saturated heterocycles. The third-order valence-electron chi connectivity index (χ3n) is 2.67. The van der Waals surface area contributed by atoms with Crippen molar-refractivity contribution in [1.29, 1.82) is 0 Å². The summed E-state index contributed by atoms with van der Waals surface area (Å²) in [5, 5.41) is 14.6. The zero-order valence-electron chi connectivity index (χ0n) is 11.1. The van der Waals surface area contributed by atoms with Crippen molar-refractivity contribution in [2.45, 2.75) is 6.42 Å². The van der Waals surface area contributed by atoms with Gasteiger partial charge in [0.2, 0.25) is 0 Å². The summed E-state index contributed by atoms with van der Waals surface area (Å²) in [4.78, 5) is 24.4. The van der Waals surface area contributed by atoms with Crippen LogP contribution in [-0.4, -0.2) is 49.2 Å². The number of carboxylic acids is 1. The van der Waals surface area contributed by atoms with Gasteiger partial charge in [-0.15, -0.1) is 0 Å². The van der Waals surface area contributed by atoms with Gasteiger partial charge in [0, 0.05) is 13.6 Å². The highest BCUT2D eigenvalue weighted by Gasteiger charge is 2.13. The summed E-state index contributed by atoms with van der Waals surface area (Å²) >= 11 is 0. The lowest BCUT2D eigenvalue weighted by molar-refractivity contribution is 0.0698. The number of benzene rings is 1. The maximum absolute atomic E-state index is 11.9. The van der Waals surface area contributed by atoms with Crippen molar-refractivity contribution in [3.05, 3.63) is 29.8 Å². The van der Waals surface area contributed by atoms with E-state index in [4.69, 9.17) is 5.11 Å². The zero-order chi connectivity index (χ0) is 14.3. The van der Waals surface area contributed by atoms with E-state index >= 15 is 0 Å². The van der Waals surface area contributed by atoms with Gasteiger partial charge in [0.1, 0.15) is 0 Å². The number of carboxylic acid groups (broad SMARTS) is 1. The monoisotopic (exact) mass is 265 g/mol. The lowest BCUT2D eigenvalue weighted by Crippen LogP contribution is -2.33. The van der Waals surface area contributed by atoms with Crippen LogP contribution < -0.4 is 10.6 Å². The van der Waals surface area contributed by atoms with Crippen molar-refractivity contribution >= 4 is 17.7 Å². The van der Waals surface area contributed by atoms with E-state index in [2.05, 4.69) is 10.6 Å². The van der Waals surface area contributed by atoms with Crippen LogP contribution in [0.4, 0.5) is 10.5 Å². The topological polar surface area (TPSA) is 81.7 Å². The summed E-state index contributed by atoms with van der Waals surface area (Å²) in [7, 11) is 3.53. The molecule has 0 saturated carbocycles. The van der Waals surface area contributed by atoms with Gasteiger partial charge in [0.25, 0.3) is 0 Å². The number of hydrogen-bond donors (Lipinski definition) is 3. The molecule has 6 heteroatoms. The van der Waals surface area contributed by atoms with Crippen LogP contribution in [0.15, 0.2) is 24.3 Å². The van der Waals surface area contributed by atoms with Crippen LogP contribution in [0, 0.1) is 0 Å². The van der Waals surface area contributed by atoms with E-state index < -0.39 is 5.97 Å². The second-order valence-electron chi connectivity index (χ2n) is 4.16. The molecule has 19 heavy (non-hydrogen) atoms. The van der Waals surface area contributed by atoms with Crippen LogP contribution in [0.2, 0.25) is 0 Å². The Labute approximate surface area is 112 Å². The molecule has 0 unspecified atom stereocenters. The molecule has 0 aliphatic rings. The zero-order valence-corrected chi connectivity index (χ0v) is 11.1. The first-order valence-electron chi connectivity index (χ1n) is 6.05. The van der Waals surface area contributed by atoms with Gasteiger partial charge in [-0.3, -0.25) is 0 Å². The molecule has 0 atom stereocenters. The molecule has 1 rings (SSSR count). The number of amides is 2. The number of urea groups is 1. The van der Waals surface area contributed by atoms with Crippen LogP contribution in [0.3, 0.4) is 0 Å². The van der Waals surface area contributed by atoms with Crippen LogP contribution in [0.5, 0.6) is 0 Å². The second-order valence-corrected chi connectivity index (χ2v) is 4.16. The van der Waals surface area contributed by atoms with E-state index in [0.717, 1.165) is 13.0 Å². The minimum absolute atomic E-state index is 0.0828. The SMILES string of the molecule is CNCCCN(C)C(=O)Nc1ccccc1C(=O)O. The number of carbonyl (C=O) groups is 2. The molecular formula is C13H19N3O3. The molecule has 0 bridgehead atoms. The Balaban J connectivity index is 2.64. The lowest BCUT2D eigenvalue weighted by Gasteiger charge is -2.18. The van der Waals surface area contributed by atoms with E-state index in [0.29, 0.717) is 12.2 Å². The molecule has 6 nitrogen and oxygen atoms in total. The summed E-state index contributed by atoms with van der Waals surface area (Å²) in [6.07, 6.45) is 0.834. The number of para-hydroxylation sites is 1. The van der Waals surface area contributed by atoms with Gasteiger partial charge in [-0.1, -0.05) is 12.1 Å². The molecule has 0 heterocycles. The van der Waals surface area contributed by atoms with E-state index in [1.54, 1.807) is 25.2 Å². The Morgan fingerprint density at radius 2 is 2.00 bits per heavy atom. The standard InChI is InChI=1S/C13H19N3O3/c1-14-8-5-9-16(2)13(19)15-11-7-4-3-6-10(11)12(17)18/h3-4,6-7,14H,5,8-9H2,1-2H3,(H,15,19)(H,17,18). The molecule has 1 aromatic carbocycles.